The van der Waals surface area contributed by atoms with E-state index in [0.29, 0.717) is 19.6 Å². The van der Waals surface area contributed by atoms with Crippen LogP contribution in [0.25, 0.3) is 0 Å². The molecule has 1 saturated heterocycles. The van der Waals surface area contributed by atoms with Gasteiger partial charge in [0, 0.05) is 12.6 Å². The van der Waals surface area contributed by atoms with Crippen molar-refractivity contribution in [2.75, 3.05) is 6.54 Å². The molecule has 2 N–H and O–H groups in total. The number of rotatable bonds is 7. The van der Waals surface area contributed by atoms with Crippen molar-refractivity contribution in [3.05, 3.63) is 71.8 Å². The predicted molar refractivity (Wildman–Crippen MR) is 96.9 cm³/mol. The van der Waals surface area contributed by atoms with Crippen molar-refractivity contribution >= 4 is 6.16 Å². The molecule has 2 atom stereocenters. The third kappa shape index (κ3) is 6.15. The van der Waals surface area contributed by atoms with E-state index >= 15 is 0 Å². The van der Waals surface area contributed by atoms with E-state index in [4.69, 9.17) is 14.3 Å². The molecule has 1 heterocycles. The van der Waals surface area contributed by atoms with Crippen LogP contribution >= 0.6 is 0 Å². The molecule has 0 radical (unpaired) electrons. The Labute approximate surface area is 153 Å². The Bertz CT molecular complexity index is 658. The predicted octanol–water partition coefficient (Wildman–Crippen LogP) is 3.14. The Kier molecular flexibility index (Phi) is 7.01. The number of carbonyl (C=O) groups excluding carboxylic acids is 1. The first kappa shape index (κ1) is 18.4. The largest absolute Gasteiger partial charge is 0.510 e. The zero-order valence-electron chi connectivity index (χ0n) is 14.6. The summed E-state index contributed by atoms with van der Waals surface area (Å²) in [7, 11) is 0. The molecule has 0 saturated carbocycles. The van der Waals surface area contributed by atoms with E-state index in [9.17, 15) is 4.79 Å². The zero-order valence-corrected chi connectivity index (χ0v) is 14.6. The molecule has 0 bridgehead atoms. The first-order chi connectivity index (χ1) is 12.8. The van der Waals surface area contributed by atoms with E-state index in [1.54, 1.807) is 0 Å². The van der Waals surface area contributed by atoms with Gasteiger partial charge in [-0.1, -0.05) is 60.7 Å². The number of hydrogen-bond acceptors (Lipinski definition) is 6. The summed E-state index contributed by atoms with van der Waals surface area (Å²) in [5.74, 6) is 0. The lowest BCUT2D eigenvalue weighted by molar-refractivity contribution is -0.0330. The monoisotopic (exact) mass is 356 g/mol. The van der Waals surface area contributed by atoms with E-state index in [1.807, 2.05) is 60.7 Å². The lowest BCUT2D eigenvalue weighted by atomic mass is 10.1. The molecule has 2 aromatic carbocycles. The van der Waals surface area contributed by atoms with Gasteiger partial charge in [-0.2, -0.15) is 5.48 Å². The van der Waals surface area contributed by atoms with Crippen LogP contribution in [0.1, 0.15) is 24.0 Å². The van der Waals surface area contributed by atoms with Gasteiger partial charge in [0.15, 0.2) is 6.23 Å². The highest BCUT2D eigenvalue weighted by Crippen LogP contribution is 2.11. The van der Waals surface area contributed by atoms with Crippen LogP contribution in [0.2, 0.25) is 0 Å². The molecule has 1 fully saturated rings. The number of benzene rings is 2. The Balaban J connectivity index is 1.29. The lowest BCUT2D eigenvalue weighted by Crippen LogP contribution is -2.49. The van der Waals surface area contributed by atoms with Crippen molar-refractivity contribution in [3.63, 3.8) is 0 Å². The summed E-state index contributed by atoms with van der Waals surface area (Å²) in [6.45, 7) is 1.39. The quantitative estimate of drug-likeness (QED) is 0.587. The number of carbonyl (C=O) groups is 1. The summed E-state index contributed by atoms with van der Waals surface area (Å²) in [4.78, 5) is 17.3. The molecule has 6 heteroatoms. The summed E-state index contributed by atoms with van der Waals surface area (Å²) >= 11 is 0. The molecule has 26 heavy (non-hydrogen) atoms. The number of ether oxygens (including phenoxy) is 2. The van der Waals surface area contributed by atoms with Crippen molar-refractivity contribution in [2.24, 2.45) is 0 Å². The summed E-state index contributed by atoms with van der Waals surface area (Å²) < 4.78 is 10.4. The molecule has 0 aliphatic carbocycles. The SMILES string of the molecule is O=C(OCc1ccccc1)O[C@H]1CC[C@H](NOCc2ccccc2)CN1. The van der Waals surface area contributed by atoms with E-state index in [0.717, 1.165) is 17.5 Å². The van der Waals surface area contributed by atoms with Gasteiger partial charge in [0.1, 0.15) is 6.61 Å². The summed E-state index contributed by atoms with van der Waals surface area (Å²) in [5, 5.41) is 3.18. The number of hydrogen-bond donors (Lipinski definition) is 2. The van der Waals surface area contributed by atoms with Gasteiger partial charge >= 0.3 is 6.16 Å². The van der Waals surface area contributed by atoms with Crippen LogP contribution in [0.5, 0.6) is 0 Å². The van der Waals surface area contributed by atoms with Gasteiger partial charge in [0.2, 0.25) is 0 Å². The molecular formula is C20H24N2O4. The Morgan fingerprint density at radius 1 is 0.962 bits per heavy atom. The smallest absolute Gasteiger partial charge is 0.429 e. The number of piperidine rings is 1. The minimum Gasteiger partial charge on any atom is -0.429 e. The molecule has 138 valence electrons. The van der Waals surface area contributed by atoms with Gasteiger partial charge in [0.25, 0.3) is 0 Å². The molecular weight excluding hydrogens is 332 g/mol. The minimum absolute atomic E-state index is 0.180. The van der Waals surface area contributed by atoms with Crippen molar-refractivity contribution in [3.8, 4) is 0 Å². The van der Waals surface area contributed by atoms with Gasteiger partial charge in [0.05, 0.1) is 6.61 Å². The Morgan fingerprint density at radius 3 is 2.23 bits per heavy atom. The molecule has 1 aliphatic rings. The summed E-state index contributed by atoms with van der Waals surface area (Å²) in [5.41, 5.74) is 5.10. The van der Waals surface area contributed by atoms with Gasteiger partial charge in [-0.15, -0.1) is 0 Å². The first-order valence-corrected chi connectivity index (χ1v) is 8.81. The van der Waals surface area contributed by atoms with Crippen LogP contribution in [-0.2, 0) is 27.5 Å². The van der Waals surface area contributed by atoms with E-state index in [1.165, 1.54) is 0 Å². The second-order valence-corrected chi connectivity index (χ2v) is 6.21. The third-order valence-corrected chi connectivity index (χ3v) is 4.14. The molecule has 0 unspecified atom stereocenters. The maximum absolute atomic E-state index is 11.8. The Morgan fingerprint density at radius 2 is 1.62 bits per heavy atom. The average molecular weight is 356 g/mol. The van der Waals surface area contributed by atoms with E-state index in [-0.39, 0.29) is 18.9 Å². The summed E-state index contributed by atoms with van der Waals surface area (Å²) in [6, 6.07) is 19.7. The van der Waals surface area contributed by atoms with Crippen LogP contribution in [0.15, 0.2) is 60.7 Å². The third-order valence-electron chi connectivity index (χ3n) is 4.14. The molecule has 1 aliphatic heterocycles. The first-order valence-electron chi connectivity index (χ1n) is 8.81. The topological polar surface area (TPSA) is 68.8 Å². The van der Waals surface area contributed by atoms with Crippen LogP contribution in [0, 0.1) is 0 Å². The van der Waals surface area contributed by atoms with E-state index < -0.39 is 6.16 Å². The van der Waals surface area contributed by atoms with Crippen molar-refractivity contribution in [1.82, 2.24) is 10.8 Å². The van der Waals surface area contributed by atoms with Crippen molar-refractivity contribution in [1.29, 1.82) is 0 Å². The number of nitrogens with one attached hydrogen (secondary N) is 2. The van der Waals surface area contributed by atoms with Crippen LogP contribution < -0.4 is 10.8 Å². The normalized spacial score (nSPS) is 19.7. The van der Waals surface area contributed by atoms with Crippen LogP contribution in [0.4, 0.5) is 4.79 Å². The van der Waals surface area contributed by atoms with Crippen molar-refractivity contribution in [2.45, 2.75) is 38.3 Å². The zero-order chi connectivity index (χ0) is 18.0. The van der Waals surface area contributed by atoms with Gasteiger partial charge in [-0.25, -0.2) is 4.79 Å². The molecule has 6 nitrogen and oxygen atoms in total. The fourth-order valence-corrected chi connectivity index (χ4v) is 2.72. The molecule has 3 rings (SSSR count). The minimum atomic E-state index is -0.655. The Hall–Kier alpha value is -2.41. The molecule has 2 aromatic rings. The van der Waals surface area contributed by atoms with E-state index in [2.05, 4.69) is 10.8 Å². The van der Waals surface area contributed by atoms with Crippen LogP contribution in [-0.4, -0.2) is 25.0 Å². The van der Waals surface area contributed by atoms with Gasteiger partial charge < -0.3 is 9.47 Å². The fourth-order valence-electron chi connectivity index (χ4n) is 2.72. The highest BCUT2D eigenvalue weighted by molar-refractivity contribution is 5.60. The second kappa shape index (κ2) is 9.91. The summed E-state index contributed by atoms with van der Waals surface area (Å²) in [6.07, 6.45) is 0.564. The molecule has 0 aromatic heterocycles. The average Bonchev–Trinajstić information content (AvgIpc) is 2.69. The molecule has 0 amide bonds. The number of hydroxylamine groups is 1. The highest BCUT2D eigenvalue weighted by Gasteiger charge is 2.23. The fraction of sp³-hybridized carbons (Fsp3) is 0.350. The van der Waals surface area contributed by atoms with Gasteiger partial charge in [-0.05, 0) is 24.0 Å². The van der Waals surface area contributed by atoms with Crippen molar-refractivity contribution < 1.29 is 19.1 Å². The standard InChI is InChI=1S/C20H24N2O4/c23-20(24-14-16-7-3-1-4-8-16)26-19-12-11-18(13-21-19)22-25-15-17-9-5-2-6-10-17/h1-10,18-19,21-22H,11-15H2/t18-,19-/m0/s1. The van der Waals surface area contributed by atoms with Gasteiger partial charge in [-0.3, -0.25) is 10.2 Å². The lowest BCUT2D eigenvalue weighted by Gasteiger charge is -2.29. The second-order valence-electron chi connectivity index (χ2n) is 6.21. The maximum Gasteiger partial charge on any atom is 0.510 e. The maximum atomic E-state index is 11.8. The highest BCUT2D eigenvalue weighted by atomic mass is 16.7. The molecule has 0 spiro atoms. The van der Waals surface area contributed by atoms with Crippen LogP contribution in [0.3, 0.4) is 0 Å².